The van der Waals surface area contributed by atoms with Crippen molar-refractivity contribution < 1.29 is 8.81 Å². The summed E-state index contributed by atoms with van der Waals surface area (Å²) in [7, 11) is 1.78. The van der Waals surface area contributed by atoms with E-state index in [2.05, 4.69) is 39.4 Å². The van der Waals surface area contributed by atoms with Gasteiger partial charge in [-0.3, -0.25) is 9.89 Å². The molecule has 1 aliphatic rings. The molecule has 0 unspecified atom stereocenters. The lowest BCUT2D eigenvalue weighted by Crippen LogP contribution is -2.55. The van der Waals surface area contributed by atoms with E-state index in [1.165, 1.54) is 44.5 Å². The number of nitrogens with one attached hydrogen (secondary N) is 2. The Kier molecular flexibility index (Phi) is 9.54. The second-order valence-corrected chi connectivity index (χ2v) is 8.11. The van der Waals surface area contributed by atoms with Gasteiger partial charge in [-0.15, -0.1) is 24.0 Å². The molecule has 1 aromatic heterocycles. The molecule has 0 amide bonds. The number of piperidine rings is 1. The van der Waals surface area contributed by atoms with Crippen molar-refractivity contribution in [3.8, 4) is 11.5 Å². The molecule has 8 heteroatoms. The summed E-state index contributed by atoms with van der Waals surface area (Å²) in [5, 5.41) is 6.79. The zero-order chi connectivity index (χ0) is 20.7. The second-order valence-electron chi connectivity index (χ2n) is 8.11. The van der Waals surface area contributed by atoms with Crippen LogP contribution in [0.4, 0.5) is 4.39 Å². The fourth-order valence-corrected chi connectivity index (χ4v) is 3.59. The normalized spacial score (nSPS) is 15.5. The minimum atomic E-state index is -0.271. The summed E-state index contributed by atoms with van der Waals surface area (Å²) in [6, 6.07) is 6.14. The fourth-order valence-electron chi connectivity index (χ4n) is 3.59. The first-order valence-corrected chi connectivity index (χ1v) is 10.4. The van der Waals surface area contributed by atoms with E-state index in [9.17, 15) is 4.39 Å². The number of aromatic nitrogens is 1. The molecule has 30 heavy (non-hydrogen) atoms. The fraction of sp³-hybridized carbons (Fsp3) is 0.545. The highest BCUT2D eigenvalue weighted by molar-refractivity contribution is 14.0. The van der Waals surface area contributed by atoms with Gasteiger partial charge >= 0.3 is 0 Å². The predicted molar refractivity (Wildman–Crippen MR) is 130 cm³/mol. The van der Waals surface area contributed by atoms with Crippen LogP contribution in [0.1, 0.15) is 38.8 Å². The average molecular weight is 529 g/mol. The first-order valence-electron chi connectivity index (χ1n) is 10.4. The quantitative estimate of drug-likeness (QED) is 0.322. The van der Waals surface area contributed by atoms with E-state index in [4.69, 9.17) is 4.42 Å². The number of benzene rings is 1. The highest BCUT2D eigenvalue weighted by Crippen LogP contribution is 2.20. The van der Waals surface area contributed by atoms with Crippen molar-refractivity contribution >= 4 is 29.9 Å². The van der Waals surface area contributed by atoms with Crippen molar-refractivity contribution in [3.05, 3.63) is 42.0 Å². The van der Waals surface area contributed by atoms with Crippen LogP contribution in [0.25, 0.3) is 11.5 Å². The summed E-state index contributed by atoms with van der Waals surface area (Å²) in [4.78, 5) is 11.4. The summed E-state index contributed by atoms with van der Waals surface area (Å²) in [6.45, 7) is 8.44. The van der Waals surface area contributed by atoms with Crippen LogP contribution in [-0.4, -0.2) is 54.6 Å². The molecule has 1 aliphatic heterocycles. The summed E-state index contributed by atoms with van der Waals surface area (Å²) < 4.78 is 18.6. The number of halogens is 2. The third-order valence-electron chi connectivity index (χ3n) is 5.44. The molecular formula is C22H33FIN5O. The third-order valence-corrected chi connectivity index (χ3v) is 5.44. The van der Waals surface area contributed by atoms with Crippen molar-refractivity contribution in [3.63, 3.8) is 0 Å². The van der Waals surface area contributed by atoms with Crippen molar-refractivity contribution in [2.45, 2.75) is 45.1 Å². The number of oxazole rings is 1. The molecule has 2 heterocycles. The van der Waals surface area contributed by atoms with E-state index < -0.39 is 0 Å². The number of guanidine groups is 1. The predicted octanol–water partition coefficient (Wildman–Crippen LogP) is 4.07. The van der Waals surface area contributed by atoms with Crippen LogP contribution >= 0.6 is 24.0 Å². The SMILES string of the molecule is CN=C(NCCc1coc(-c2ccc(F)cc2)n1)NCC(C)(C)N1CCCCC1.I. The van der Waals surface area contributed by atoms with Gasteiger partial charge in [-0.1, -0.05) is 6.42 Å². The van der Waals surface area contributed by atoms with Gasteiger partial charge in [0.15, 0.2) is 5.96 Å². The molecule has 0 bridgehead atoms. The van der Waals surface area contributed by atoms with Crippen molar-refractivity contribution in [2.75, 3.05) is 33.2 Å². The molecule has 166 valence electrons. The first-order chi connectivity index (χ1) is 14.0. The van der Waals surface area contributed by atoms with Gasteiger partial charge in [-0.2, -0.15) is 0 Å². The smallest absolute Gasteiger partial charge is 0.226 e. The largest absolute Gasteiger partial charge is 0.444 e. The van der Waals surface area contributed by atoms with Gasteiger partial charge in [0.05, 0.1) is 5.69 Å². The van der Waals surface area contributed by atoms with Crippen LogP contribution in [0.3, 0.4) is 0 Å². The molecule has 2 aromatic rings. The molecule has 0 radical (unpaired) electrons. The first kappa shape index (κ1) is 24.6. The number of nitrogens with zero attached hydrogens (tertiary/aromatic N) is 3. The van der Waals surface area contributed by atoms with Crippen molar-refractivity contribution in [1.82, 2.24) is 20.5 Å². The number of aliphatic imine (C=N–C) groups is 1. The van der Waals surface area contributed by atoms with Crippen LogP contribution in [0, 0.1) is 5.82 Å². The Hall–Kier alpha value is -1.68. The van der Waals surface area contributed by atoms with E-state index in [0.717, 1.165) is 23.8 Å². The maximum atomic E-state index is 13.0. The van der Waals surface area contributed by atoms with Crippen LogP contribution in [-0.2, 0) is 6.42 Å². The molecule has 0 saturated carbocycles. The Morgan fingerprint density at radius 3 is 2.53 bits per heavy atom. The molecule has 1 fully saturated rings. The molecule has 2 N–H and O–H groups in total. The lowest BCUT2D eigenvalue weighted by Gasteiger charge is -2.41. The van der Waals surface area contributed by atoms with Gasteiger partial charge in [0.25, 0.3) is 0 Å². The van der Waals surface area contributed by atoms with Crippen LogP contribution in [0.15, 0.2) is 39.9 Å². The Bertz CT molecular complexity index is 800. The molecule has 0 aliphatic carbocycles. The number of likely N-dealkylation sites (tertiary alicyclic amines) is 1. The second kappa shape index (κ2) is 11.6. The van der Waals surface area contributed by atoms with Gasteiger partial charge < -0.3 is 15.1 Å². The number of hydrogen-bond donors (Lipinski definition) is 2. The highest BCUT2D eigenvalue weighted by atomic mass is 127. The molecule has 0 spiro atoms. The van der Waals surface area contributed by atoms with Gasteiger partial charge in [-0.05, 0) is 64.0 Å². The van der Waals surface area contributed by atoms with Gasteiger partial charge in [0.2, 0.25) is 5.89 Å². The molecule has 3 rings (SSSR count). The molecule has 0 atom stereocenters. The van der Waals surface area contributed by atoms with Crippen LogP contribution in [0.2, 0.25) is 0 Å². The van der Waals surface area contributed by atoms with E-state index >= 15 is 0 Å². The summed E-state index contributed by atoms with van der Waals surface area (Å²) in [5.74, 6) is 1.02. The summed E-state index contributed by atoms with van der Waals surface area (Å²) in [6.07, 6.45) is 6.27. The Labute approximate surface area is 195 Å². The molecule has 1 saturated heterocycles. The van der Waals surface area contributed by atoms with Crippen molar-refractivity contribution in [2.24, 2.45) is 4.99 Å². The standard InChI is InChI=1S/C22H32FN5O.HI/c1-22(2,28-13-5-4-6-14-28)16-26-21(24-3)25-12-11-19-15-29-20(27-19)17-7-9-18(23)10-8-17;/h7-10,15H,4-6,11-14,16H2,1-3H3,(H2,24,25,26);1H. The minimum Gasteiger partial charge on any atom is -0.444 e. The maximum Gasteiger partial charge on any atom is 0.226 e. The molecular weight excluding hydrogens is 496 g/mol. The minimum absolute atomic E-state index is 0. The van der Waals surface area contributed by atoms with E-state index in [1.807, 2.05) is 0 Å². The summed E-state index contributed by atoms with van der Waals surface area (Å²) in [5.41, 5.74) is 1.71. The topological polar surface area (TPSA) is 65.7 Å². The van der Waals surface area contributed by atoms with E-state index in [1.54, 1.807) is 25.4 Å². The van der Waals surface area contributed by atoms with Crippen LogP contribution in [0.5, 0.6) is 0 Å². The Morgan fingerprint density at radius 2 is 1.87 bits per heavy atom. The van der Waals surface area contributed by atoms with Gasteiger partial charge in [0, 0.05) is 37.7 Å². The number of hydrogen-bond acceptors (Lipinski definition) is 4. The van der Waals surface area contributed by atoms with Gasteiger partial charge in [-0.25, -0.2) is 9.37 Å². The average Bonchev–Trinajstić information content (AvgIpc) is 3.20. The highest BCUT2D eigenvalue weighted by Gasteiger charge is 2.27. The van der Waals surface area contributed by atoms with E-state index in [-0.39, 0.29) is 35.3 Å². The third kappa shape index (κ3) is 6.94. The summed E-state index contributed by atoms with van der Waals surface area (Å²) >= 11 is 0. The zero-order valence-corrected chi connectivity index (χ0v) is 20.4. The molecule has 6 nitrogen and oxygen atoms in total. The lowest BCUT2D eigenvalue weighted by molar-refractivity contribution is 0.0982. The van der Waals surface area contributed by atoms with E-state index in [0.29, 0.717) is 18.9 Å². The maximum absolute atomic E-state index is 13.0. The monoisotopic (exact) mass is 529 g/mol. The Morgan fingerprint density at radius 1 is 1.17 bits per heavy atom. The number of rotatable bonds is 7. The van der Waals surface area contributed by atoms with Gasteiger partial charge in [0.1, 0.15) is 12.1 Å². The molecule has 1 aromatic carbocycles. The lowest BCUT2D eigenvalue weighted by atomic mass is 9.98. The Balaban J connectivity index is 0.00000320. The zero-order valence-electron chi connectivity index (χ0n) is 18.1. The van der Waals surface area contributed by atoms with Crippen LogP contribution < -0.4 is 10.6 Å². The van der Waals surface area contributed by atoms with Crippen molar-refractivity contribution in [1.29, 1.82) is 0 Å².